The molecule has 2 rings (SSSR count). The molecule has 0 aliphatic rings. The minimum absolute atomic E-state index is 0.288. The summed E-state index contributed by atoms with van der Waals surface area (Å²) in [7, 11) is -3.16. The first-order chi connectivity index (χ1) is 6.48. The Labute approximate surface area is 81.7 Å². The molecule has 3 N–H and O–H groups in total. The van der Waals surface area contributed by atoms with Gasteiger partial charge in [0.05, 0.1) is 10.6 Å². The van der Waals surface area contributed by atoms with E-state index in [9.17, 15) is 8.42 Å². The topological polar surface area (TPSA) is 76.0 Å². The fourth-order valence-electron chi connectivity index (χ4n) is 1.35. The summed E-state index contributed by atoms with van der Waals surface area (Å²) in [5.74, 6) is 0. The van der Waals surface area contributed by atoms with E-state index in [1.807, 2.05) is 0 Å². The van der Waals surface area contributed by atoms with Gasteiger partial charge in [-0.15, -0.1) is 0 Å². The number of hydrogen-bond donors (Lipinski definition) is 2. The summed E-state index contributed by atoms with van der Waals surface area (Å²) in [5.41, 5.74) is 7.07. The monoisotopic (exact) mass is 210 g/mol. The van der Waals surface area contributed by atoms with Gasteiger partial charge in [-0.2, -0.15) is 0 Å². The van der Waals surface area contributed by atoms with Crippen molar-refractivity contribution in [1.29, 1.82) is 0 Å². The van der Waals surface area contributed by atoms with Gasteiger partial charge in [-0.3, -0.25) is 0 Å². The van der Waals surface area contributed by atoms with Crippen molar-refractivity contribution in [2.45, 2.75) is 4.90 Å². The van der Waals surface area contributed by atoms with Crippen molar-refractivity contribution in [3.63, 3.8) is 0 Å². The van der Waals surface area contributed by atoms with Gasteiger partial charge in [0.15, 0.2) is 9.84 Å². The Morgan fingerprint density at radius 1 is 1.36 bits per heavy atom. The molecule has 1 aromatic carbocycles. The predicted octanol–water partition coefficient (Wildman–Crippen LogP) is 1.15. The maximum atomic E-state index is 11.3. The Bertz CT molecular complexity index is 584. The molecule has 14 heavy (non-hydrogen) atoms. The number of aromatic nitrogens is 1. The van der Waals surface area contributed by atoms with Gasteiger partial charge < -0.3 is 10.7 Å². The molecule has 0 saturated heterocycles. The Hall–Kier alpha value is -1.49. The second-order valence-corrected chi connectivity index (χ2v) is 5.24. The van der Waals surface area contributed by atoms with Crippen molar-refractivity contribution in [1.82, 2.24) is 4.98 Å². The molecule has 0 spiro atoms. The van der Waals surface area contributed by atoms with Crippen LogP contribution in [0.3, 0.4) is 0 Å². The van der Waals surface area contributed by atoms with Crippen LogP contribution in [-0.2, 0) is 9.84 Å². The highest BCUT2D eigenvalue weighted by Crippen LogP contribution is 2.23. The predicted molar refractivity (Wildman–Crippen MR) is 55.8 cm³/mol. The van der Waals surface area contributed by atoms with Crippen LogP contribution in [0.1, 0.15) is 0 Å². The van der Waals surface area contributed by atoms with Gasteiger partial charge in [0.1, 0.15) is 0 Å². The summed E-state index contributed by atoms with van der Waals surface area (Å²) in [5, 5.41) is 0.743. The zero-order valence-electron chi connectivity index (χ0n) is 7.61. The smallest absolute Gasteiger partial charge is 0.175 e. The van der Waals surface area contributed by atoms with E-state index in [-0.39, 0.29) is 4.90 Å². The van der Waals surface area contributed by atoms with E-state index in [0.717, 1.165) is 10.9 Å². The fraction of sp³-hybridized carbons (Fsp3) is 0.111. The van der Waals surface area contributed by atoms with Crippen molar-refractivity contribution < 1.29 is 8.42 Å². The zero-order valence-corrected chi connectivity index (χ0v) is 8.43. The van der Waals surface area contributed by atoms with Crippen molar-refractivity contribution in [2.75, 3.05) is 12.0 Å². The first kappa shape index (κ1) is 9.08. The number of anilines is 1. The third kappa shape index (κ3) is 1.35. The van der Waals surface area contributed by atoms with Crippen LogP contribution in [0.5, 0.6) is 0 Å². The standard InChI is InChI=1S/C9H10N2O2S/c1-14(12,13)6-2-3-9-7(4-6)8(10)5-11-9/h2-5,11H,10H2,1H3. The molecule has 0 atom stereocenters. The van der Waals surface area contributed by atoms with Gasteiger partial charge in [-0.1, -0.05) is 0 Å². The van der Waals surface area contributed by atoms with Crippen LogP contribution in [0.25, 0.3) is 10.9 Å². The summed E-state index contributed by atoms with van der Waals surface area (Å²) in [6, 6.07) is 4.85. The average Bonchev–Trinajstić information content (AvgIpc) is 2.46. The first-order valence-corrected chi connectivity index (χ1v) is 5.94. The van der Waals surface area contributed by atoms with Crippen LogP contribution in [0.4, 0.5) is 5.69 Å². The number of hydrogen-bond acceptors (Lipinski definition) is 3. The maximum Gasteiger partial charge on any atom is 0.175 e. The second kappa shape index (κ2) is 2.75. The number of benzene rings is 1. The summed E-state index contributed by atoms with van der Waals surface area (Å²) in [6.07, 6.45) is 2.83. The zero-order chi connectivity index (χ0) is 10.3. The Balaban J connectivity index is 2.79. The maximum absolute atomic E-state index is 11.3. The van der Waals surface area contributed by atoms with Crippen molar-refractivity contribution in [3.8, 4) is 0 Å². The lowest BCUT2D eigenvalue weighted by atomic mass is 10.2. The third-order valence-electron chi connectivity index (χ3n) is 2.11. The Kier molecular flexibility index (Phi) is 1.78. The van der Waals surface area contributed by atoms with Gasteiger partial charge in [0, 0.05) is 23.4 Å². The van der Waals surface area contributed by atoms with Gasteiger partial charge in [-0.05, 0) is 18.2 Å². The molecule has 0 amide bonds. The van der Waals surface area contributed by atoms with Crippen LogP contribution in [0.15, 0.2) is 29.3 Å². The third-order valence-corrected chi connectivity index (χ3v) is 3.22. The highest BCUT2D eigenvalue weighted by Gasteiger charge is 2.09. The normalized spacial score (nSPS) is 12.1. The molecule has 5 heteroatoms. The van der Waals surface area contributed by atoms with E-state index in [0.29, 0.717) is 5.69 Å². The van der Waals surface area contributed by atoms with E-state index in [1.54, 1.807) is 24.4 Å². The van der Waals surface area contributed by atoms with Gasteiger partial charge in [-0.25, -0.2) is 8.42 Å². The molecule has 0 bridgehead atoms. The number of H-pyrrole nitrogens is 1. The number of sulfone groups is 1. The molecule has 4 nitrogen and oxygen atoms in total. The minimum atomic E-state index is -3.16. The molecule has 0 unspecified atom stereocenters. The number of rotatable bonds is 1. The first-order valence-electron chi connectivity index (χ1n) is 4.05. The summed E-state index contributed by atoms with van der Waals surface area (Å²) >= 11 is 0. The van der Waals surface area contributed by atoms with E-state index in [2.05, 4.69) is 4.98 Å². The van der Waals surface area contributed by atoms with Crippen molar-refractivity contribution >= 4 is 26.4 Å². The lowest BCUT2D eigenvalue weighted by molar-refractivity contribution is 0.602. The van der Waals surface area contributed by atoms with Crippen molar-refractivity contribution in [3.05, 3.63) is 24.4 Å². The quantitative estimate of drug-likeness (QED) is 0.741. The van der Waals surface area contributed by atoms with Crippen LogP contribution >= 0.6 is 0 Å². The molecule has 0 aliphatic carbocycles. The van der Waals surface area contributed by atoms with Crippen LogP contribution < -0.4 is 5.73 Å². The molecule has 74 valence electrons. The van der Waals surface area contributed by atoms with Gasteiger partial charge in [0.25, 0.3) is 0 Å². The van der Waals surface area contributed by atoms with E-state index >= 15 is 0 Å². The highest BCUT2D eigenvalue weighted by atomic mass is 32.2. The van der Waals surface area contributed by atoms with E-state index < -0.39 is 9.84 Å². The summed E-state index contributed by atoms with van der Waals surface area (Å²) in [6.45, 7) is 0. The fourth-order valence-corrected chi connectivity index (χ4v) is 2.00. The molecular formula is C9H10N2O2S. The molecule has 0 fully saturated rings. The summed E-state index contributed by atoms with van der Waals surface area (Å²) in [4.78, 5) is 3.23. The van der Waals surface area contributed by atoms with Crippen molar-refractivity contribution in [2.24, 2.45) is 0 Å². The van der Waals surface area contributed by atoms with E-state index in [1.165, 1.54) is 6.26 Å². The number of nitrogens with one attached hydrogen (secondary N) is 1. The number of nitrogen functional groups attached to an aromatic ring is 1. The molecule has 0 saturated carbocycles. The average molecular weight is 210 g/mol. The SMILES string of the molecule is CS(=O)(=O)c1ccc2[nH]cc(N)c2c1. The number of fused-ring (bicyclic) bond motifs is 1. The lowest BCUT2D eigenvalue weighted by Crippen LogP contribution is -1.96. The van der Waals surface area contributed by atoms with Gasteiger partial charge in [0.2, 0.25) is 0 Å². The molecule has 0 aliphatic heterocycles. The summed E-state index contributed by atoms with van der Waals surface area (Å²) < 4.78 is 22.5. The van der Waals surface area contributed by atoms with Crippen LogP contribution in [0.2, 0.25) is 0 Å². The minimum Gasteiger partial charge on any atom is -0.397 e. The molecule has 1 aromatic heterocycles. The second-order valence-electron chi connectivity index (χ2n) is 3.22. The molecular weight excluding hydrogens is 200 g/mol. The largest absolute Gasteiger partial charge is 0.397 e. The van der Waals surface area contributed by atoms with E-state index in [4.69, 9.17) is 5.73 Å². The Morgan fingerprint density at radius 2 is 2.07 bits per heavy atom. The van der Waals surface area contributed by atoms with Crippen LogP contribution in [-0.4, -0.2) is 19.7 Å². The highest BCUT2D eigenvalue weighted by molar-refractivity contribution is 7.90. The number of aromatic amines is 1. The van der Waals surface area contributed by atoms with Crippen LogP contribution in [0, 0.1) is 0 Å². The lowest BCUT2D eigenvalue weighted by Gasteiger charge is -1.98. The number of nitrogens with two attached hydrogens (primary N) is 1. The molecule has 1 heterocycles. The molecule has 0 radical (unpaired) electrons. The Morgan fingerprint density at radius 3 is 2.71 bits per heavy atom. The van der Waals surface area contributed by atoms with Gasteiger partial charge >= 0.3 is 0 Å². The molecule has 2 aromatic rings.